The van der Waals surface area contributed by atoms with E-state index >= 15 is 0 Å². The van der Waals surface area contributed by atoms with E-state index in [0.29, 0.717) is 6.54 Å². The zero-order valence-electron chi connectivity index (χ0n) is 13.1. The van der Waals surface area contributed by atoms with Gasteiger partial charge in [-0.05, 0) is 38.0 Å². The maximum atomic E-state index is 12.5. The van der Waals surface area contributed by atoms with Crippen molar-refractivity contribution in [1.29, 1.82) is 0 Å². The summed E-state index contributed by atoms with van der Waals surface area (Å²) < 4.78 is 1.91. The fourth-order valence-corrected chi connectivity index (χ4v) is 2.86. The largest absolute Gasteiger partial charge is 0.311 e. The molecular weight excluding hydrogens is 276 g/mol. The first-order valence-electron chi connectivity index (χ1n) is 7.77. The number of amides is 1. The van der Waals surface area contributed by atoms with Gasteiger partial charge in [0.25, 0.3) is 0 Å². The van der Waals surface area contributed by atoms with Crippen molar-refractivity contribution in [2.24, 2.45) is 0 Å². The normalized spacial score (nSPS) is 16.4. The summed E-state index contributed by atoms with van der Waals surface area (Å²) in [6, 6.07) is 10.4. The van der Waals surface area contributed by atoms with Crippen LogP contribution in [0.25, 0.3) is 0 Å². The van der Waals surface area contributed by atoms with Gasteiger partial charge in [-0.2, -0.15) is 5.10 Å². The average molecular weight is 298 g/mol. The highest BCUT2D eigenvalue weighted by Crippen LogP contribution is 2.27. The standard InChI is InChI=1S/C17H22N4O/c1-13(14(2)21-10-5-9-19-21)18-12-17(22)20-11-8-15-6-3-4-7-16(15)20/h3-7,9-10,13-14,18H,8,11-12H2,1-2H3/t13-,14+/m1/s1. The van der Waals surface area contributed by atoms with E-state index in [-0.39, 0.29) is 18.0 Å². The molecule has 1 aliphatic heterocycles. The molecule has 0 unspecified atom stereocenters. The van der Waals surface area contributed by atoms with Crippen LogP contribution in [0.5, 0.6) is 0 Å². The molecule has 116 valence electrons. The second kappa shape index (κ2) is 6.32. The van der Waals surface area contributed by atoms with Gasteiger partial charge in [-0.3, -0.25) is 9.48 Å². The molecule has 1 aliphatic rings. The zero-order valence-corrected chi connectivity index (χ0v) is 13.1. The molecule has 0 spiro atoms. The summed E-state index contributed by atoms with van der Waals surface area (Å²) in [4.78, 5) is 14.3. The van der Waals surface area contributed by atoms with Gasteiger partial charge >= 0.3 is 0 Å². The van der Waals surface area contributed by atoms with Gasteiger partial charge in [-0.25, -0.2) is 0 Å². The number of hydrogen-bond acceptors (Lipinski definition) is 3. The van der Waals surface area contributed by atoms with Gasteiger partial charge in [0.05, 0.1) is 12.6 Å². The molecule has 2 aromatic rings. The fraction of sp³-hybridized carbons (Fsp3) is 0.412. The molecule has 1 amide bonds. The summed E-state index contributed by atoms with van der Waals surface area (Å²) >= 11 is 0. The first-order valence-corrected chi connectivity index (χ1v) is 7.77. The molecule has 0 aliphatic carbocycles. The highest BCUT2D eigenvalue weighted by molar-refractivity contribution is 5.96. The molecule has 5 nitrogen and oxygen atoms in total. The predicted octanol–water partition coefficient (Wildman–Crippen LogP) is 2.01. The smallest absolute Gasteiger partial charge is 0.240 e. The lowest BCUT2D eigenvalue weighted by molar-refractivity contribution is -0.117. The predicted molar refractivity (Wildman–Crippen MR) is 86.9 cm³/mol. The van der Waals surface area contributed by atoms with E-state index in [9.17, 15) is 4.79 Å². The van der Waals surface area contributed by atoms with Gasteiger partial charge in [-0.1, -0.05) is 18.2 Å². The summed E-state index contributed by atoms with van der Waals surface area (Å²) in [7, 11) is 0. The number of para-hydroxylation sites is 1. The Morgan fingerprint density at radius 3 is 2.91 bits per heavy atom. The minimum atomic E-state index is 0.129. The van der Waals surface area contributed by atoms with Crippen molar-refractivity contribution in [3.63, 3.8) is 0 Å². The van der Waals surface area contributed by atoms with Gasteiger partial charge in [0, 0.05) is 30.7 Å². The summed E-state index contributed by atoms with van der Waals surface area (Å²) in [5.74, 6) is 0.129. The number of nitrogens with one attached hydrogen (secondary N) is 1. The summed E-state index contributed by atoms with van der Waals surface area (Å²) in [6.45, 7) is 5.31. The van der Waals surface area contributed by atoms with E-state index in [1.54, 1.807) is 6.20 Å². The van der Waals surface area contributed by atoms with E-state index in [4.69, 9.17) is 0 Å². The number of anilines is 1. The maximum Gasteiger partial charge on any atom is 0.240 e. The number of aromatic nitrogens is 2. The Morgan fingerprint density at radius 1 is 1.32 bits per heavy atom. The van der Waals surface area contributed by atoms with E-state index in [1.807, 2.05) is 40.0 Å². The lowest BCUT2D eigenvalue weighted by Gasteiger charge is -2.23. The van der Waals surface area contributed by atoms with Crippen molar-refractivity contribution in [2.45, 2.75) is 32.4 Å². The second-order valence-electron chi connectivity index (χ2n) is 5.82. The first-order chi connectivity index (χ1) is 10.7. The number of benzene rings is 1. The van der Waals surface area contributed by atoms with Crippen LogP contribution in [0.1, 0.15) is 25.5 Å². The molecule has 0 saturated heterocycles. The Morgan fingerprint density at radius 2 is 2.14 bits per heavy atom. The van der Waals surface area contributed by atoms with Crippen LogP contribution in [0.4, 0.5) is 5.69 Å². The van der Waals surface area contributed by atoms with Gasteiger partial charge in [0.15, 0.2) is 0 Å². The van der Waals surface area contributed by atoms with E-state index in [2.05, 4.69) is 30.3 Å². The number of hydrogen-bond donors (Lipinski definition) is 1. The topological polar surface area (TPSA) is 50.2 Å². The summed E-state index contributed by atoms with van der Waals surface area (Å²) in [5, 5.41) is 7.58. The zero-order chi connectivity index (χ0) is 15.5. The number of nitrogens with zero attached hydrogens (tertiary/aromatic N) is 3. The van der Waals surface area contributed by atoms with Crippen molar-refractivity contribution in [3.8, 4) is 0 Å². The average Bonchev–Trinajstić information content (AvgIpc) is 3.20. The Balaban J connectivity index is 1.57. The monoisotopic (exact) mass is 298 g/mol. The number of carbonyl (C=O) groups is 1. The highest BCUT2D eigenvalue weighted by atomic mass is 16.2. The van der Waals surface area contributed by atoms with Crippen molar-refractivity contribution in [2.75, 3.05) is 18.0 Å². The first kappa shape index (κ1) is 14.8. The van der Waals surface area contributed by atoms with Crippen LogP contribution in [-0.2, 0) is 11.2 Å². The van der Waals surface area contributed by atoms with Crippen LogP contribution in [0.15, 0.2) is 42.7 Å². The van der Waals surface area contributed by atoms with E-state index in [0.717, 1.165) is 18.7 Å². The quantitative estimate of drug-likeness (QED) is 0.918. The van der Waals surface area contributed by atoms with Gasteiger partial charge in [0.1, 0.15) is 0 Å². The second-order valence-corrected chi connectivity index (χ2v) is 5.82. The van der Waals surface area contributed by atoms with Crippen molar-refractivity contribution >= 4 is 11.6 Å². The van der Waals surface area contributed by atoms with Crippen LogP contribution in [-0.4, -0.2) is 34.8 Å². The molecule has 2 heterocycles. The number of rotatable bonds is 5. The molecule has 2 atom stereocenters. The SMILES string of the molecule is C[C@@H](NCC(=O)N1CCc2ccccc21)[C@H](C)n1cccn1. The molecule has 1 N–H and O–H groups in total. The van der Waals surface area contributed by atoms with Gasteiger partial charge in [-0.15, -0.1) is 0 Å². The summed E-state index contributed by atoms with van der Waals surface area (Å²) in [6.07, 6.45) is 4.66. The molecule has 22 heavy (non-hydrogen) atoms. The Bertz CT molecular complexity index is 638. The minimum absolute atomic E-state index is 0.129. The van der Waals surface area contributed by atoms with Crippen molar-refractivity contribution in [3.05, 3.63) is 48.3 Å². The fourth-order valence-electron chi connectivity index (χ4n) is 2.86. The molecule has 1 aromatic heterocycles. The van der Waals surface area contributed by atoms with Crippen LogP contribution >= 0.6 is 0 Å². The Labute approximate surface area is 130 Å². The van der Waals surface area contributed by atoms with Crippen molar-refractivity contribution < 1.29 is 4.79 Å². The van der Waals surface area contributed by atoms with E-state index < -0.39 is 0 Å². The lowest BCUT2D eigenvalue weighted by atomic mass is 10.1. The molecule has 3 rings (SSSR count). The minimum Gasteiger partial charge on any atom is -0.311 e. The maximum absolute atomic E-state index is 12.5. The molecule has 0 fully saturated rings. The van der Waals surface area contributed by atoms with Crippen LogP contribution in [0.2, 0.25) is 0 Å². The van der Waals surface area contributed by atoms with Crippen LogP contribution in [0, 0.1) is 0 Å². The third-order valence-corrected chi connectivity index (χ3v) is 4.43. The molecule has 5 heteroatoms. The van der Waals surface area contributed by atoms with Crippen LogP contribution in [0.3, 0.4) is 0 Å². The summed E-state index contributed by atoms with van der Waals surface area (Å²) in [5.41, 5.74) is 2.32. The Kier molecular flexibility index (Phi) is 4.24. The van der Waals surface area contributed by atoms with Gasteiger partial charge in [0.2, 0.25) is 5.91 Å². The molecule has 0 saturated carbocycles. The molecular formula is C17H22N4O. The van der Waals surface area contributed by atoms with E-state index in [1.165, 1.54) is 5.56 Å². The number of carbonyl (C=O) groups excluding carboxylic acids is 1. The molecule has 0 bridgehead atoms. The van der Waals surface area contributed by atoms with Gasteiger partial charge < -0.3 is 10.2 Å². The lowest BCUT2D eigenvalue weighted by Crippen LogP contribution is -2.42. The Hall–Kier alpha value is -2.14. The third-order valence-electron chi connectivity index (χ3n) is 4.43. The van der Waals surface area contributed by atoms with Crippen molar-refractivity contribution in [1.82, 2.24) is 15.1 Å². The third kappa shape index (κ3) is 2.90. The van der Waals surface area contributed by atoms with Crippen LogP contribution < -0.4 is 10.2 Å². The molecule has 1 aromatic carbocycles. The highest BCUT2D eigenvalue weighted by Gasteiger charge is 2.24. The number of fused-ring (bicyclic) bond motifs is 1. The molecule has 0 radical (unpaired) electrons.